The maximum atomic E-state index is 9.75. The van der Waals surface area contributed by atoms with Crippen molar-refractivity contribution >= 4 is 43.5 Å². The molecule has 0 aliphatic heterocycles. The number of rotatable bonds is 0. The molecule has 0 atom stereocenters. The molecule has 0 saturated heterocycles. The molecule has 0 spiro atoms. The number of hydrogen-bond donors (Lipinski definition) is 6. The van der Waals surface area contributed by atoms with Crippen LogP contribution in [0.25, 0.3) is 0 Å². The van der Waals surface area contributed by atoms with E-state index >= 15 is 0 Å². The van der Waals surface area contributed by atoms with E-state index in [-0.39, 0.29) is 18.5 Å². The molecule has 0 radical (unpaired) electrons. The Bertz CT molecular complexity index is 291. The van der Waals surface area contributed by atoms with Crippen molar-refractivity contribution < 1.29 is 121 Å². The molecule has 36 heteroatoms. The van der Waals surface area contributed by atoms with Gasteiger partial charge in [-0.3, -0.25) is 0 Å². The number of quaternary nitrogens is 6. The largest absolute Gasteiger partial charge is 0.673 e. The average molecular weight is 713 g/mol. The summed E-state index contributed by atoms with van der Waals surface area (Å²) in [5, 5.41) is 0. The molecule has 276 valence electrons. The molecule has 0 aromatic rings. The summed E-state index contributed by atoms with van der Waals surface area (Å²) in [5.74, 6) is 0. The molecule has 0 amide bonds. The second-order valence-electron chi connectivity index (χ2n) is 4.47. The zero-order chi connectivity index (χ0) is 35.1. The number of halogens is 24. The van der Waals surface area contributed by atoms with Crippen molar-refractivity contribution in [2.75, 3.05) is 19.6 Å². The zero-order valence-corrected chi connectivity index (χ0v) is 22.8. The second-order valence-corrected chi connectivity index (χ2v) is 4.47. The molecule has 0 bridgehead atoms. The van der Waals surface area contributed by atoms with Crippen LogP contribution in [0, 0.1) is 0 Å². The van der Waals surface area contributed by atoms with Crippen LogP contribution in [0.1, 0.15) is 20.8 Å². The molecule has 21 N–H and O–H groups in total. The van der Waals surface area contributed by atoms with E-state index < -0.39 is 43.5 Å². The van der Waals surface area contributed by atoms with E-state index in [0.29, 0.717) is 0 Å². The van der Waals surface area contributed by atoms with Gasteiger partial charge >= 0.3 is 43.5 Å². The maximum absolute atomic E-state index is 9.75. The lowest BCUT2D eigenvalue weighted by Gasteiger charge is -1.94. The summed E-state index contributed by atoms with van der Waals surface area (Å²) in [7, 11) is -36.0. The molecular formula is C6H36B6F24N6. The fourth-order valence-electron chi connectivity index (χ4n) is 0. The minimum Gasteiger partial charge on any atom is -0.418 e. The minimum atomic E-state index is -6.00. The molecule has 0 fully saturated rings. The SMILES string of the molecule is CC[NH3+].CC[NH3+].CC[NH3+].F[B-](F)(F)F.F[B-](F)(F)F.F[B-](F)(F)F.F[B-](F)(F)F.F[B-](F)(F)F.F[B-](F)(F)F.[NH4+].[NH4+].[NH4+]. The van der Waals surface area contributed by atoms with E-state index in [1.165, 1.54) is 0 Å². The molecule has 0 aliphatic carbocycles. The summed E-state index contributed by atoms with van der Waals surface area (Å²) in [5.41, 5.74) is 10.5. The predicted molar refractivity (Wildman–Crippen MR) is 119 cm³/mol. The highest BCUT2D eigenvalue weighted by Gasteiger charge is 2.22. The van der Waals surface area contributed by atoms with Crippen LogP contribution >= 0.6 is 0 Å². The van der Waals surface area contributed by atoms with Crippen LogP contribution in [0.3, 0.4) is 0 Å². The Morgan fingerprint density at radius 3 is 0.262 bits per heavy atom. The van der Waals surface area contributed by atoms with Crippen molar-refractivity contribution in [2.24, 2.45) is 0 Å². The Hall–Kier alpha value is -1.53. The van der Waals surface area contributed by atoms with Crippen LogP contribution < -0.4 is 35.7 Å². The monoisotopic (exact) mass is 714 g/mol. The summed E-state index contributed by atoms with van der Waals surface area (Å²) in [6.45, 7) is 9.04. The first-order valence-electron chi connectivity index (χ1n) is 8.86. The Morgan fingerprint density at radius 1 is 0.262 bits per heavy atom. The summed E-state index contributed by atoms with van der Waals surface area (Å²) in [6, 6.07) is 0. The van der Waals surface area contributed by atoms with Crippen LogP contribution in [0.2, 0.25) is 0 Å². The Labute approximate surface area is 224 Å². The Morgan fingerprint density at radius 2 is 0.262 bits per heavy atom. The van der Waals surface area contributed by atoms with Gasteiger partial charge in [-0.15, -0.1) is 0 Å². The number of hydrogen-bond acceptors (Lipinski definition) is 0. The zero-order valence-electron chi connectivity index (χ0n) is 22.8. The molecule has 0 aliphatic rings. The lowest BCUT2D eigenvalue weighted by atomic mass is 10.3. The minimum absolute atomic E-state index is 0. The van der Waals surface area contributed by atoms with E-state index in [9.17, 15) is 104 Å². The summed E-state index contributed by atoms with van der Waals surface area (Å²) >= 11 is 0. The maximum Gasteiger partial charge on any atom is 0.673 e. The highest BCUT2D eigenvalue weighted by Crippen LogP contribution is 2.09. The van der Waals surface area contributed by atoms with Gasteiger partial charge in [-0.05, 0) is 20.8 Å². The first-order chi connectivity index (χ1) is 16.2. The third kappa shape index (κ3) is 23100. The van der Waals surface area contributed by atoms with E-state index in [0.717, 1.165) is 19.6 Å². The molecule has 42 heavy (non-hydrogen) atoms. The van der Waals surface area contributed by atoms with Gasteiger partial charge in [-0.2, -0.15) is 0 Å². The molecular weight excluding hydrogens is 677 g/mol. The van der Waals surface area contributed by atoms with Crippen molar-refractivity contribution in [3.8, 4) is 0 Å². The first kappa shape index (κ1) is 77.8. The van der Waals surface area contributed by atoms with Crippen molar-refractivity contribution in [3.63, 3.8) is 0 Å². The molecule has 0 aromatic carbocycles. The van der Waals surface area contributed by atoms with E-state index in [1.807, 2.05) is 20.8 Å². The summed E-state index contributed by atoms with van der Waals surface area (Å²) in [4.78, 5) is 0. The Kier molecular flexibility index (Phi) is 77.1. The predicted octanol–water partition coefficient (Wildman–Crippen LogP) is 6.67. The lowest BCUT2D eigenvalue weighted by molar-refractivity contribution is -0.362. The third-order valence-corrected chi connectivity index (χ3v) is 0. The van der Waals surface area contributed by atoms with Crippen molar-refractivity contribution in [1.82, 2.24) is 18.5 Å². The van der Waals surface area contributed by atoms with E-state index in [2.05, 4.69) is 17.2 Å². The molecule has 0 rings (SSSR count). The smallest absolute Gasteiger partial charge is 0.418 e. The fourth-order valence-corrected chi connectivity index (χ4v) is 0. The van der Waals surface area contributed by atoms with Gasteiger partial charge < -0.3 is 139 Å². The van der Waals surface area contributed by atoms with E-state index in [1.54, 1.807) is 0 Å². The molecule has 6 nitrogen and oxygen atoms in total. The van der Waals surface area contributed by atoms with Gasteiger partial charge in [-0.1, -0.05) is 0 Å². The molecule has 0 aromatic heterocycles. The summed E-state index contributed by atoms with van der Waals surface area (Å²) < 4.78 is 234. The fraction of sp³-hybridized carbons (Fsp3) is 1.00. The first-order valence-corrected chi connectivity index (χ1v) is 8.86. The van der Waals surface area contributed by atoms with Gasteiger partial charge in [0.05, 0.1) is 19.6 Å². The van der Waals surface area contributed by atoms with Crippen molar-refractivity contribution in [2.45, 2.75) is 20.8 Å². The van der Waals surface area contributed by atoms with Gasteiger partial charge in [0.1, 0.15) is 0 Å². The van der Waals surface area contributed by atoms with Gasteiger partial charge in [0, 0.05) is 0 Å². The lowest BCUT2D eigenvalue weighted by Crippen LogP contribution is -2.48. The van der Waals surface area contributed by atoms with Crippen molar-refractivity contribution in [3.05, 3.63) is 0 Å². The standard InChI is InChI=1S/3C2H7N.6BF4.3H3N/c3*1-2-3;6*2-1(3,4)5;;;/h3*2-3H2,1H3;;;;;;;3*1H3/q;;;6*-1;;;/p+6. The quantitative estimate of drug-likeness (QED) is 0.116. The average Bonchev–Trinajstić information content (AvgIpc) is 2.37. The molecule has 0 saturated carbocycles. The van der Waals surface area contributed by atoms with Crippen LogP contribution in [0.4, 0.5) is 104 Å². The van der Waals surface area contributed by atoms with Gasteiger partial charge in [-0.25, -0.2) is 0 Å². The van der Waals surface area contributed by atoms with E-state index in [4.69, 9.17) is 0 Å². The summed E-state index contributed by atoms with van der Waals surface area (Å²) in [6.07, 6.45) is 0. The highest BCUT2D eigenvalue weighted by atomic mass is 19.5. The normalized spacial score (nSPS) is 9.86. The topological polar surface area (TPSA) is 192 Å². The van der Waals surface area contributed by atoms with Crippen molar-refractivity contribution in [1.29, 1.82) is 0 Å². The van der Waals surface area contributed by atoms with Gasteiger partial charge in [0.15, 0.2) is 0 Å². The van der Waals surface area contributed by atoms with Crippen LogP contribution in [-0.4, -0.2) is 63.2 Å². The van der Waals surface area contributed by atoms with Gasteiger partial charge in [0.25, 0.3) is 0 Å². The third-order valence-electron chi connectivity index (χ3n) is 0. The molecule has 0 heterocycles. The van der Waals surface area contributed by atoms with Crippen LogP contribution in [0.15, 0.2) is 0 Å². The molecule has 0 unspecified atom stereocenters. The van der Waals surface area contributed by atoms with Gasteiger partial charge in [0.2, 0.25) is 0 Å². The Balaban J connectivity index is -0.0000000241. The van der Waals surface area contributed by atoms with Crippen LogP contribution in [0.5, 0.6) is 0 Å². The van der Waals surface area contributed by atoms with Crippen LogP contribution in [-0.2, 0) is 0 Å². The highest BCUT2D eigenvalue weighted by molar-refractivity contribution is 6.51. The second kappa shape index (κ2) is 41.6.